The van der Waals surface area contributed by atoms with Gasteiger partial charge in [0.15, 0.2) is 6.20 Å². The lowest BCUT2D eigenvalue weighted by Gasteiger charge is -2.36. The summed E-state index contributed by atoms with van der Waals surface area (Å²) in [5.41, 5.74) is 9.63. The molecule has 2 saturated carbocycles. The van der Waals surface area contributed by atoms with Crippen molar-refractivity contribution in [2.45, 2.75) is 70.6 Å². The highest BCUT2D eigenvalue weighted by atomic mass is 16.3. The molecule has 3 aromatic carbocycles. The fourth-order valence-electron chi connectivity index (χ4n) is 8.00. The van der Waals surface area contributed by atoms with E-state index in [1.165, 1.54) is 61.6 Å². The Labute approximate surface area is 243 Å². The van der Waals surface area contributed by atoms with Crippen LogP contribution in [0.5, 0.6) is 0 Å². The van der Waals surface area contributed by atoms with Crippen LogP contribution in [0.4, 0.5) is 0 Å². The van der Waals surface area contributed by atoms with E-state index in [-0.39, 0.29) is 0 Å². The molecule has 0 aliphatic heterocycles. The second kappa shape index (κ2) is 10.8. The molecule has 2 aliphatic carbocycles. The summed E-state index contributed by atoms with van der Waals surface area (Å²) in [7, 11) is 2.12. The fraction of sp³-hybridized carbons (Fsp3) is 0.368. The van der Waals surface area contributed by atoms with Gasteiger partial charge in [-0.1, -0.05) is 74.6 Å². The van der Waals surface area contributed by atoms with Crippen LogP contribution in [-0.2, 0) is 7.05 Å². The van der Waals surface area contributed by atoms with E-state index in [2.05, 4.69) is 91.5 Å². The number of fused-ring (bicyclic) bond motifs is 3. The molecule has 0 N–H and O–H groups in total. The minimum atomic E-state index is 0.388. The Hall–Kier alpha value is -3.90. The minimum Gasteiger partial charge on any atom is -0.455 e. The zero-order valence-corrected chi connectivity index (χ0v) is 24.3. The molecule has 2 heterocycles. The van der Waals surface area contributed by atoms with Gasteiger partial charge in [0.1, 0.15) is 18.2 Å². The Kier molecular flexibility index (Phi) is 6.87. The summed E-state index contributed by atoms with van der Waals surface area (Å²) in [5.74, 6) is 2.17. The van der Waals surface area contributed by atoms with Gasteiger partial charge in [-0.25, -0.2) is 4.57 Å². The van der Waals surface area contributed by atoms with E-state index < -0.39 is 0 Å². The standard InChI is InChI=1S/C38H39N2O/c1-25-13-20-32-33-21-18-30(23-39)36(29-16-14-28(15-17-29)26-9-5-3-6-10-26)38(33)41-37(32)35(25)34-22-19-31(24-40(34)2)27-11-7-4-8-12-27/h4,7-8,11-13,18-22,24,26,28-29H,3,5-6,9-10,14-17H2,1-2H3/q+1. The lowest BCUT2D eigenvalue weighted by molar-refractivity contribution is -0.659. The topological polar surface area (TPSA) is 40.8 Å². The highest BCUT2D eigenvalue weighted by Gasteiger charge is 2.32. The van der Waals surface area contributed by atoms with Gasteiger partial charge in [0.2, 0.25) is 5.69 Å². The number of pyridine rings is 1. The van der Waals surface area contributed by atoms with Crippen molar-refractivity contribution in [3.63, 3.8) is 0 Å². The van der Waals surface area contributed by atoms with Gasteiger partial charge in [0, 0.05) is 28.0 Å². The molecule has 41 heavy (non-hydrogen) atoms. The van der Waals surface area contributed by atoms with Crippen LogP contribution in [-0.4, -0.2) is 0 Å². The first-order valence-electron chi connectivity index (χ1n) is 15.6. The van der Waals surface area contributed by atoms with Crippen LogP contribution in [0.2, 0.25) is 0 Å². The van der Waals surface area contributed by atoms with Crippen molar-refractivity contribution >= 4 is 21.9 Å². The number of nitrogens with zero attached hydrogens (tertiary/aromatic N) is 2. The second-order valence-electron chi connectivity index (χ2n) is 12.5. The monoisotopic (exact) mass is 539 g/mol. The van der Waals surface area contributed by atoms with E-state index in [1.54, 1.807) is 0 Å². The third kappa shape index (κ3) is 4.64. The molecule has 2 aromatic heterocycles. The van der Waals surface area contributed by atoms with E-state index in [4.69, 9.17) is 4.42 Å². The maximum absolute atomic E-state index is 10.2. The molecule has 0 bridgehead atoms. The number of aromatic nitrogens is 1. The molecule has 0 atom stereocenters. The first-order valence-corrected chi connectivity index (χ1v) is 15.6. The van der Waals surface area contributed by atoms with Crippen molar-refractivity contribution < 1.29 is 8.98 Å². The van der Waals surface area contributed by atoms with E-state index in [1.807, 2.05) is 6.07 Å². The lowest BCUT2D eigenvalue weighted by Crippen LogP contribution is -2.30. The summed E-state index contributed by atoms with van der Waals surface area (Å²) in [6, 6.07) is 26.0. The maximum Gasteiger partial charge on any atom is 0.216 e. The number of hydrogen-bond donors (Lipinski definition) is 0. The van der Waals surface area contributed by atoms with Gasteiger partial charge in [-0.3, -0.25) is 0 Å². The highest BCUT2D eigenvalue weighted by molar-refractivity contribution is 6.11. The van der Waals surface area contributed by atoms with Gasteiger partial charge >= 0.3 is 0 Å². The van der Waals surface area contributed by atoms with E-state index >= 15 is 0 Å². The molecular weight excluding hydrogens is 500 g/mol. The molecule has 206 valence electrons. The summed E-state index contributed by atoms with van der Waals surface area (Å²) >= 11 is 0. The van der Waals surface area contributed by atoms with E-state index in [9.17, 15) is 5.26 Å². The molecule has 3 heteroatoms. The summed E-state index contributed by atoms with van der Waals surface area (Å²) in [6.07, 6.45) is 14.2. The molecule has 2 aliphatic rings. The van der Waals surface area contributed by atoms with Crippen LogP contribution in [0.25, 0.3) is 44.3 Å². The van der Waals surface area contributed by atoms with E-state index in [0.29, 0.717) is 5.92 Å². The molecule has 0 unspecified atom stereocenters. The van der Waals surface area contributed by atoms with Gasteiger partial charge in [-0.05, 0) is 79.7 Å². The zero-order valence-electron chi connectivity index (χ0n) is 24.3. The molecule has 7 rings (SSSR count). The molecule has 0 saturated heterocycles. The molecule has 2 fully saturated rings. The minimum absolute atomic E-state index is 0.388. The van der Waals surface area contributed by atoms with Crippen LogP contribution < -0.4 is 4.57 Å². The largest absolute Gasteiger partial charge is 0.455 e. The predicted octanol–water partition coefficient (Wildman–Crippen LogP) is 9.78. The van der Waals surface area contributed by atoms with Crippen molar-refractivity contribution in [2.75, 3.05) is 0 Å². The normalized spacial score (nSPS) is 19.9. The molecule has 0 amide bonds. The van der Waals surface area contributed by atoms with Crippen molar-refractivity contribution in [1.29, 1.82) is 5.26 Å². The van der Waals surface area contributed by atoms with Gasteiger partial charge in [0.05, 0.1) is 17.2 Å². The second-order valence-corrected chi connectivity index (χ2v) is 12.5. The average Bonchev–Trinajstić information content (AvgIpc) is 3.40. The smallest absolute Gasteiger partial charge is 0.216 e. The van der Waals surface area contributed by atoms with Gasteiger partial charge < -0.3 is 4.42 Å². The maximum atomic E-state index is 10.2. The number of hydrogen-bond acceptors (Lipinski definition) is 2. The van der Waals surface area contributed by atoms with Crippen LogP contribution in [0.1, 0.15) is 80.4 Å². The first kappa shape index (κ1) is 26.0. The summed E-state index contributed by atoms with van der Waals surface area (Å²) in [4.78, 5) is 0. The Morgan fingerprint density at radius 3 is 2.17 bits per heavy atom. The molecule has 5 aromatic rings. The fourth-order valence-corrected chi connectivity index (χ4v) is 8.00. The van der Waals surface area contributed by atoms with Gasteiger partial charge in [-0.15, -0.1) is 0 Å². The highest BCUT2D eigenvalue weighted by Crippen LogP contribution is 2.47. The predicted molar refractivity (Wildman–Crippen MR) is 166 cm³/mol. The number of aryl methyl sites for hydroxylation is 2. The Bertz CT molecular complexity index is 1760. The van der Waals surface area contributed by atoms with Gasteiger partial charge in [-0.2, -0.15) is 5.26 Å². The zero-order chi connectivity index (χ0) is 27.9. The number of furan rings is 1. The van der Waals surface area contributed by atoms with Crippen molar-refractivity contribution in [2.24, 2.45) is 18.9 Å². The molecule has 0 spiro atoms. The van der Waals surface area contributed by atoms with Crippen LogP contribution >= 0.6 is 0 Å². The first-order chi connectivity index (χ1) is 20.1. The van der Waals surface area contributed by atoms with Crippen LogP contribution in [0.15, 0.2) is 77.3 Å². The third-order valence-electron chi connectivity index (χ3n) is 10.2. The third-order valence-corrected chi connectivity index (χ3v) is 10.2. The van der Waals surface area contributed by atoms with Crippen molar-refractivity contribution in [1.82, 2.24) is 0 Å². The number of rotatable bonds is 4. The van der Waals surface area contributed by atoms with E-state index in [0.717, 1.165) is 69.0 Å². The number of benzene rings is 3. The van der Waals surface area contributed by atoms with Crippen molar-refractivity contribution in [3.05, 3.63) is 89.6 Å². The van der Waals surface area contributed by atoms with Crippen LogP contribution in [0, 0.1) is 30.1 Å². The van der Waals surface area contributed by atoms with Crippen LogP contribution in [0.3, 0.4) is 0 Å². The SMILES string of the molecule is Cc1ccc2c(oc3c(C4CCC(C5CCCCC5)CC4)c(C#N)ccc32)c1-c1ccc(-c2ccccc2)c[n+]1C. The van der Waals surface area contributed by atoms with Gasteiger partial charge in [0.25, 0.3) is 0 Å². The Morgan fingerprint density at radius 2 is 1.44 bits per heavy atom. The average molecular weight is 540 g/mol. The summed E-state index contributed by atoms with van der Waals surface area (Å²) < 4.78 is 9.11. The number of nitriles is 1. The molecular formula is C38H39N2O+. The Morgan fingerprint density at radius 1 is 0.732 bits per heavy atom. The lowest BCUT2D eigenvalue weighted by atomic mass is 9.69. The molecule has 3 nitrogen and oxygen atoms in total. The quantitative estimate of drug-likeness (QED) is 0.213. The molecule has 0 radical (unpaired) electrons. The Balaban J connectivity index is 1.30. The van der Waals surface area contributed by atoms with Crippen molar-refractivity contribution in [3.8, 4) is 28.5 Å². The summed E-state index contributed by atoms with van der Waals surface area (Å²) in [6.45, 7) is 2.17. The summed E-state index contributed by atoms with van der Waals surface area (Å²) in [5, 5.41) is 12.4.